The number of hydrogen-bond acceptors (Lipinski definition) is 6. The Morgan fingerprint density at radius 3 is 2.44 bits per heavy atom. The summed E-state index contributed by atoms with van der Waals surface area (Å²) in [7, 11) is 1.63. The summed E-state index contributed by atoms with van der Waals surface area (Å²) in [6.45, 7) is 2.41. The van der Waals surface area contributed by atoms with Crippen molar-refractivity contribution >= 4 is 23.1 Å². The van der Waals surface area contributed by atoms with Crippen LogP contribution < -0.4 is 26.2 Å². The molecule has 1 unspecified atom stereocenters. The minimum Gasteiger partial charge on any atom is -0.452 e. The maximum absolute atomic E-state index is 13.1. The number of aliphatic hydroxyl groups is 1. The van der Waals surface area contributed by atoms with Crippen molar-refractivity contribution in [3.05, 3.63) is 85.5 Å². The summed E-state index contributed by atoms with van der Waals surface area (Å²) < 4.78 is 8.75. The molecule has 4 rings (SSSR count). The molecule has 0 bridgehead atoms. The van der Waals surface area contributed by atoms with Crippen LogP contribution in [0, 0.1) is 6.92 Å². The van der Waals surface area contributed by atoms with E-state index in [1.165, 1.54) is 4.57 Å². The summed E-state index contributed by atoms with van der Waals surface area (Å²) in [4.78, 5) is 27.9. The number of aryl methyl sites for hydroxylation is 1. The van der Waals surface area contributed by atoms with Crippen molar-refractivity contribution in [3.8, 4) is 5.75 Å². The van der Waals surface area contributed by atoms with Crippen molar-refractivity contribution < 1.29 is 9.84 Å². The van der Waals surface area contributed by atoms with Crippen LogP contribution in [0.1, 0.15) is 17.5 Å². The molecule has 0 spiro atoms. The summed E-state index contributed by atoms with van der Waals surface area (Å²) >= 11 is 6.03. The van der Waals surface area contributed by atoms with Crippen molar-refractivity contribution in [2.75, 3.05) is 16.8 Å². The normalized spacial score (nSPS) is 14.9. The Morgan fingerprint density at radius 1 is 1.09 bits per heavy atom. The molecule has 168 valence electrons. The van der Waals surface area contributed by atoms with Crippen molar-refractivity contribution in [3.63, 3.8) is 0 Å². The second-order valence-electron chi connectivity index (χ2n) is 7.76. The highest BCUT2D eigenvalue weighted by molar-refractivity contribution is 6.30. The molecule has 0 amide bonds. The zero-order valence-corrected chi connectivity index (χ0v) is 18.7. The molecule has 2 aromatic carbocycles. The van der Waals surface area contributed by atoms with Crippen molar-refractivity contribution in [1.29, 1.82) is 0 Å². The largest absolute Gasteiger partial charge is 0.452 e. The molecule has 8 nitrogen and oxygen atoms in total. The summed E-state index contributed by atoms with van der Waals surface area (Å²) in [6.07, 6.45) is -0.387. The maximum Gasteiger partial charge on any atom is 0.332 e. The molecule has 32 heavy (non-hydrogen) atoms. The fourth-order valence-corrected chi connectivity index (χ4v) is 3.87. The third kappa shape index (κ3) is 4.24. The summed E-state index contributed by atoms with van der Waals surface area (Å²) in [5, 5.41) is 12.9. The van der Waals surface area contributed by atoms with Gasteiger partial charge in [-0.05, 0) is 43.2 Å². The van der Waals surface area contributed by atoms with Gasteiger partial charge < -0.3 is 15.2 Å². The summed E-state index contributed by atoms with van der Waals surface area (Å²) in [5.74, 6) is 1.08. The average molecular weight is 457 g/mol. The highest BCUT2D eigenvalue weighted by Gasteiger charge is 2.36. The second kappa shape index (κ2) is 9.10. The van der Waals surface area contributed by atoms with Gasteiger partial charge in [-0.15, -0.1) is 0 Å². The quantitative estimate of drug-likeness (QED) is 0.568. The summed E-state index contributed by atoms with van der Waals surface area (Å²) in [6, 6.07) is 15.0. The third-order valence-corrected chi connectivity index (χ3v) is 5.67. The van der Waals surface area contributed by atoms with E-state index in [1.807, 2.05) is 48.2 Å². The maximum atomic E-state index is 13.1. The van der Waals surface area contributed by atoms with Gasteiger partial charge in [-0.1, -0.05) is 41.4 Å². The molecule has 1 atom stereocenters. The summed E-state index contributed by atoms with van der Waals surface area (Å²) in [5.41, 5.74) is 1.45. The van der Waals surface area contributed by atoms with Gasteiger partial charge in [0.05, 0.1) is 0 Å². The molecule has 0 saturated heterocycles. The van der Waals surface area contributed by atoms with Gasteiger partial charge in [0.1, 0.15) is 17.3 Å². The second-order valence-corrected chi connectivity index (χ2v) is 8.19. The average Bonchev–Trinajstić information content (AvgIpc) is 3.13. The van der Waals surface area contributed by atoms with Gasteiger partial charge in [0.2, 0.25) is 0 Å². The molecule has 0 aliphatic carbocycles. The highest BCUT2D eigenvalue weighted by Crippen LogP contribution is 2.33. The molecule has 0 fully saturated rings. The number of anilines is 2. The van der Waals surface area contributed by atoms with Crippen LogP contribution in [0.5, 0.6) is 5.75 Å². The number of hydrogen-bond donors (Lipinski definition) is 2. The Morgan fingerprint density at radius 2 is 1.78 bits per heavy atom. The van der Waals surface area contributed by atoms with Crippen LogP contribution in [0.15, 0.2) is 58.1 Å². The topological polar surface area (TPSA) is 88.7 Å². The van der Waals surface area contributed by atoms with Gasteiger partial charge in [0, 0.05) is 31.8 Å². The number of aromatic nitrogens is 2. The molecule has 1 aliphatic heterocycles. The van der Waals surface area contributed by atoms with E-state index in [-0.39, 0.29) is 18.8 Å². The van der Waals surface area contributed by atoms with E-state index in [1.54, 1.807) is 19.2 Å². The molecule has 9 heteroatoms. The first-order chi connectivity index (χ1) is 15.4. The van der Waals surface area contributed by atoms with Crippen LogP contribution >= 0.6 is 11.6 Å². The lowest BCUT2D eigenvalue weighted by Gasteiger charge is -2.27. The van der Waals surface area contributed by atoms with Crippen LogP contribution in [0.4, 0.5) is 11.5 Å². The van der Waals surface area contributed by atoms with Crippen LogP contribution in [0.25, 0.3) is 0 Å². The monoisotopic (exact) mass is 456 g/mol. The highest BCUT2D eigenvalue weighted by atomic mass is 35.5. The van der Waals surface area contributed by atoms with Gasteiger partial charge in [0.15, 0.2) is 0 Å². The third-order valence-electron chi connectivity index (χ3n) is 5.42. The lowest BCUT2D eigenvalue weighted by atomic mass is 10.2. The number of fused-ring (bicyclic) bond motifs is 1. The molecule has 1 aromatic heterocycles. The molecular weight excluding hydrogens is 432 g/mol. The molecule has 0 radical (unpaired) electrons. The Hall–Kier alpha value is -3.23. The first-order valence-electron chi connectivity index (χ1n) is 10.3. The molecule has 2 N–H and O–H groups in total. The predicted molar refractivity (Wildman–Crippen MR) is 124 cm³/mol. The van der Waals surface area contributed by atoms with E-state index in [2.05, 4.69) is 5.32 Å². The standard InChI is InChI=1S/C23H25ClN4O4/c1-15-4-10-18(11-5-15)32-22-25-19-20(28(22)14-16-6-8-17(24)9-7-16)26(2)23(31)27(21(19)30)12-3-13-29/h4-11,22,25,29H,3,12-14H2,1-2H3. The molecule has 1 aliphatic rings. The van der Waals surface area contributed by atoms with E-state index in [0.717, 1.165) is 15.7 Å². The zero-order valence-electron chi connectivity index (χ0n) is 17.9. The first-order valence-corrected chi connectivity index (χ1v) is 10.7. The van der Waals surface area contributed by atoms with Crippen LogP contribution in [0.3, 0.4) is 0 Å². The van der Waals surface area contributed by atoms with Gasteiger partial charge in [-0.3, -0.25) is 18.8 Å². The zero-order chi connectivity index (χ0) is 22.8. The Labute approximate surface area is 190 Å². The molecule has 2 heterocycles. The van der Waals surface area contributed by atoms with Crippen molar-refractivity contribution in [1.82, 2.24) is 9.13 Å². The van der Waals surface area contributed by atoms with Crippen molar-refractivity contribution in [2.24, 2.45) is 7.05 Å². The fraction of sp³-hybridized carbons (Fsp3) is 0.304. The number of nitrogens with zero attached hydrogens (tertiary/aromatic N) is 3. The Bertz CT molecular complexity index is 1220. The molecule has 0 saturated carbocycles. The SMILES string of the molecule is Cc1ccc(OC2Nc3c(n(C)c(=O)n(CCCO)c3=O)N2Cc2ccc(Cl)cc2)cc1. The Kier molecular flexibility index (Phi) is 6.25. The van der Waals surface area contributed by atoms with Gasteiger partial charge in [-0.25, -0.2) is 4.79 Å². The van der Waals surface area contributed by atoms with E-state index in [4.69, 9.17) is 21.4 Å². The lowest BCUT2D eigenvalue weighted by molar-refractivity contribution is 0.227. The van der Waals surface area contributed by atoms with Crippen LogP contribution in [-0.2, 0) is 20.1 Å². The van der Waals surface area contributed by atoms with Gasteiger partial charge in [0.25, 0.3) is 11.9 Å². The van der Waals surface area contributed by atoms with E-state index < -0.39 is 17.6 Å². The number of halogens is 1. The smallest absolute Gasteiger partial charge is 0.332 e. The van der Waals surface area contributed by atoms with Gasteiger partial charge >= 0.3 is 5.69 Å². The number of ether oxygens (including phenoxy) is 1. The number of aliphatic hydroxyl groups excluding tert-OH is 1. The Balaban J connectivity index is 1.77. The number of rotatable bonds is 7. The molecule has 3 aromatic rings. The van der Waals surface area contributed by atoms with Crippen LogP contribution in [-0.4, -0.2) is 27.2 Å². The minimum absolute atomic E-state index is 0.109. The predicted octanol–water partition coefficient (Wildman–Crippen LogP) is 2.69. The van der Waals surface area contributed by atoms with E-state index >= 15 is 0 Å². The first kappa shape index (κ1) is 22.0. The molecular formula is C23H25ClN4O4. The fourth-order valence-electron chi connectivity index (χ4n) is 3.74. The number of benzene rings is 2. The van der Waals surface area contributed by atoms with E-state index in [9.17, 15) is 9.59 Å². The van der Waals surface area contributed by atoms with Gasteiger partial charge in [-0.2, -0.15) is 0 Å². The van der Waals surface area contributed by atoms with Crippen LogP contribution in [0.2, 0.25) is 5.02 Å². The van der Waals surface area contributed by atoms with E-state index in [0.29, 0.717) is 29.6 Å². The number of nitrogens with one attached hydrogen (secondary N) is 1. The lowest BCUT2D eigenvalue weighted by Crippen LogP contribution is -2.42. The van der Waals surface area contributed by atoms with Crippen molar-refractivity contribution in [2.45, 2.75) is 32.8 Å². The minimum atomic E-state index is -0.699.